The van der Waals surface area contributed by atoms with Crippen molar-refractivity contribution in [1.29, 1.82) is 0 Å². The molecule has 0 atom stereocenters. The molecular weight excluding hydrogens is 268 g/mol. The Bertz CT molecular complexity index is 387. The minimum absolute atomic E-state index is 0.258. The van der Waals surface area contributed by atoms with Crippen molar-refractivity contribution in [2.75, 3.05) is 0 Å². The molecule has 0 saturated carbocycles. The van der Waals surface area contributed by atoms with Gasteiger partial charge in [0.05, 0.1) is 0 Å². The van der Waals surface area contributed by atoms with E-state index in [1.807, 2.05) is 12.1 Å². The van der Waals surface area contributed by atoms with Crippen LogP contribution in [0.2, 0.25) is 0 Å². The van der Waals surface area contributed by atoms with E-state index in [9.17, 15) is 4.39 Å². The van der Waals surface area contributed by atoms with Gasteiger partial charge in [0.15, 0.2) is 0 Å². The van der Waals surface area contributed by atoms with Gasteiger partial charge in [0, 0.05) is 15.2 Å². The van der Waals surface area contributed by atoms with Gasteiger partial charge in [0.1, 0.15) is 11.3 Å². The number of halogens is 2. The number of pyridine rings is 1. The van der Waals surface area contributed by atoms with Crippen molar-refractivity contribution in [3.8, 4) is 0 Å². The molecule has 0 unspecified atom stereocenters. The summed E-state index contributed by atoms with van der Waals surface area (Å²) in [5.41, 5.74) is 0.449. The van der Waals surface area contributed by atoms with E-state index in [4.69, 9.17) is 0 Å². The highest BCUT2D eigenvalue weighted by Crippen LogP contribution is 2.20. The maximum absolute atomic E-state index is 13.1. The molecule has 1 heterocycles. The summed E-state index contributed by atoms with van der Waals surface area (Å²) >= 11 is 2.17. The summed E-state index contributed by atoms with van der Waals surface area (Å²) in [6, 6.07) is 6.87. The lowest BCUT2D eigenvalue weighted by Crippen LogP contribution is -1.85. The van der Waals surface area contributed by atoms with E-state index < -0.39 is 0 Å². The van der Waals surface area contributed by atoms with Crippen LogP contribution in [0.3, 0.4) is 0 Å². The number of benzene rings is 1. The predicted octanol–water partition coefficient (Wildman–Crippen LogP) is 2.98. The molecule has 0 radical (unpaired) electrons. The van der Waals surface area contributed by atoms with Crippen LogP contribution < -0.4 is 0 Å². The van der Waals surface area contributed by atoms with Gasteiger partial charge in [-0.2, -0.15) is 0 Å². The van der Waals surface area contributed by atoms with Crippen molar-refractivity contribution in [2.24, 2.45) is 0 Å². The second-order valence-corrected chi connectivity index (χ2v) is 3.59. The Morgan fingerprint density at radius 1 is 1.25 bits per heavy atom. The van der Waals surface area contributed by atoms with Crippen LogP contribution in [0, 0.1) is 9.39 Å². The van der Waals surface area contributed by atoms with Crippen molar-refractivity contribution < 1.29 is 4.39 Å². The summed E-state index contributed by atoms with van der Waals surface area (Å²) in [6.45, 7) is 0. The third kappa shape index (κ3) is 1.18. The monoisotopic (exact) mass is 273 g/mol. The number of aromatic nitrogens is 1. The van der Waals surface area contributed by atoms with E-state index >= 15 is 0 Å². The van der Waals surface area contributed by atoms with Crippen molar-refractivity contribution >= 4 is 33.5 Å². The minimum atomic E-state index is -0.258. The van der Waals surface area contributed by atoms with Crippen molar-refractivity contribution in [3.63, 3.8) is 0 Å². The molecule has 0 aliphatic rings. The van der Waals surface area contributed by atoms with Crippen LogP contribution in [0.25, 0.3) is 10.9 Å². The van der Waals surface area contributed by atoms with Gasteiger partial charge >= 0.3 is 0 Å². The Hall–Kier alpha value is -0.710. The van der Waals surface area contributed by atoms with Gasteiger partial charge in [0.2, 0.25) is 0 Å². The summed E-state index contributed by atoms with van der Waals surface area (Å²) in [6.07, 6.45) is 1.60. The van der Waals surface area contributed by atoms with Crippen LogP contribution in [0.1, 0.15) is 0 Å². The largest absolute Gasteiger partial charge is 0.253 e. The number of nitrogens with zero attached hydrogens (tertiary/aromatic N) is 1. The minimum Gasteiger partial charge on any atom is -0.253 e. The molecule has 2 aromatic rings. The molecule has 2 rings (SSSR count). The van der Waals surface area contributed by atoms with E-state index in [0.29, 0.717) is 5.52 Å². The maximum atomic E-state index is 13.1. The summed E-state index contributed by atoms with van der Waals surface area (Å²) in [7, 11) is 0. The zero-order valence-electron chi connectivity index (χ0n) is 6.09. The van der Waals surface area contributed by atoms with E-state index in [2.05, 4.69) is 27.6 Å². The highest BCUT2D eigenvalue weighted by molar-refractivity contribution is 14.1. The first kappa shape index (κ1) is 7.91. The fourth-order valence-corrected chi connectivity index (χ4v) is 1.72. The zero-order chi connectivity index (χ0) is 8.55. The van der Waals surface area contributed by atoms with Gasteiger partial charge in [-0.3, -0.25) is 4.98 Å². The summed E-state index contributed by atoms with van der Waals surface area (Å²) in [5.74, 6) is -0.258. The highest BCUT2D eigenvalue weighted by Gasteiger charge is 2.02. The van der Waals surface area contributed by atoms with Crippen LogP contribution in [0.5, 0.6) is 0 Å². The van der Waals surface area contributed by atoms with Crippen LogP contribution in [-0.2, 0) is 0 Å². The molecular formula is C9H5FIN. The SMILES string of the molecule is Fc1ccc(I)c2cccnc12. The normalized spacial score (nSPS) is 10.5. The lowest BCUT2D eigenvalue weighted by atomic mass is 10.2. The zero-order valence-corrected chi connectivity index (χ0v) is 8.25. The Balaban J connectivity index is 2.95. The van der Waals surface area contributed by atoms with Gasteiger partial charge in [-0.1, -0.05) is 6.07 Å². The van der Waals surface area contributed by atoms with Crippen LogP contribution in [-0.4, -0.2) is 4.98 Å². The average molecular weight is 273 g/mol. The second kappa shape index (κ2) is 2.97. The first-order valence-electron chi connectivity index (χ1n) is 3.48. The van der Waals surface area contributed by atoms with E-state index in [1.165, 1.54) is 6.07 Å². The smallest absolute Gasteiger partial charge is 0.149 e. The molecule has 0 bridgehead atoms. The summed E-state index contributed by atoms with van der Waals surface area (Å²) in [4.78, 5) is 3.96. The molecule has 0 saturated heterocycles. The quantitative estimate of drug-likeness (QED) is 0.672. The first-order chi connectivity index (χ1) is 5.79. The molecule has 1 aromatic carbocycles. The third-order valence-electron chi connectivity index (χ3n) is 1.67. The van der Waals surface area contributed by atoms with Crippen LogP contribution in [0.4, 0.5) is 4.39 Å². The molecule has 0 N–H and O–H groups in total. The van der Waals surface area contributed by atoms with Crippen molar-refractivity contribution in [2.45, 2.75) is 0 Å². The molecule has 0 spiro atoms. The Morgan fingerprint density at radius 3 is 2.83 bits per heavy atom. The lowest BCUT2D eigenvalue weighted by molar-refractivity contribution is 0.636. The van der Waals surface area contributed by atoms with Crippen LogP contribution in [0.15, 0.2) is 30.5 Å². The number of hydrogen-bond acceptors (Lipinski definition) is 1. The molecule has 0 aliphatic heterocycles. The van der Waals surface area contributed by atoms with E-state index in [-0.39, 0.29) is 5.82 Å². The summed E-state index contributed by atoms with van der Waals surface area (Å²) < 4.78 is 14.1. The van der Waals surface area contributed by atoms with E-state index in [1.54, 1.807) is 12.3 Å². The fraction of sp³-hybridized carbons (Fsp3) is 0. The molecule has 0 aliphatic carbocycles. The Labute approximate surface area is 82.8 Å². The Kier molecular flexibility index (Phi) is 1.96. The summed E-state index contributed by atoms with van der Waals surface area (Å²) in [5, 5.41) is 0.873. The maximum Gasteiger partial charge on any atom is 0.149 e. The standard InChI is InChI=1S/C9H5FIN/c10-7-3-4-8(11)6-2-1-5-12-9(6)7/h1-5H. The lowest BCUT2D eigenvalue weighted by Gasteiger charge is -1.99. The van der Waals surface area contributed by atoms with Crippen LogP contribution >= 0.6 is 22.6 Å². The highest BCUT2D eigenvalue weighted by atomic mass is 127. The third-order valence-corrected chi connectivity index (χ3v) is 2.61. The van der Waals surface area contributed by atoms with Gasteiger partial charge in [-0.05, 0) is 40.8 Å². The van der Waals surface area contributed by atoms with Gasteiger partial charge < -0.3 is 0 Å². The topological polar surface area (TPSA) is 12.9 Å². The fourth-order valence-electron chi connectivity index (χ4n) is 1.10. The molecule has 0 amide bonds. The van der Waals surface area contributed by atoms with Crippen molar-refractivity contribution in [1.82, 2.24) is 4.98 Å². The van der Waals surface area contributed by atoms with Gasteiger partial charge in [-0.25, -0.2) is 4.39 Å². The molecule has 0 fully saturated rings. The molecule has 12 heavy (non-hydrogen) atoms. The first-order valence-corrected chi connectivity index (χ1v) is 4.55. The second-order valence-electron chi connectivity index (χ2n) is 2.43. The number of fused-ring (bicyclic) bond motifs is 1. The predicted molar refractivity (Wildman–Crippen MR) is 54.4 cm³/mol. The molecule has 3 heteroatoms. The molecule has 1 aromatic heterocycles. The molecule has 1 nitrogen and oxygen atoms in total. The van der Waals surface area contributed by atoms with Gasteiger partial charge in [0.25, 0.3) is 0 Å². The molecule has 60 valence electrons. The number of rotatable bonds is 0. The van der Waals surface area contributed by atoms with Crippen molar-refractivity contribution in [3.05, 3.63) is 39.8 Å². The number of hydrogen-bond donors (Lipinski definition) is 0. The Morgan fingerprint density at radius 2 is 2.08 bits per heavy atom. The van der Waals surface area contributed by atoms with Gasteiger partial charge in [-0.15, -0.1) is 0 Å². The average Bonchev–Trinajstić information content (AvgIpc) is 2.12. The van der Waals surface area contributed by atoms with E-state index in [0.717, 1.165) is 8.96 Å².